The third-order valence-electron chi connectivity index (χ3n) is 3.15. The van der Waals surface area contributed by atoms with E-state index in [2.05, 4.69) is 0 Å². The maximum Gasteiger partial charge on any atom is 0.308 e. The molecule has 0 heterocycles. The smallest absolute Gasteiger partial charge is 0.308 e. The van der Waals surface area contributed by atoms with Crippen molar-refractivity contribution in [2.24, 2.45) is 5.92 Å². The molecule has 0 aromatic rings. The molecule has 1 aliphatic rings. The minimum atomic E-state index is -5.06. The van der Waals surface area contributed by atoms with E-state index in [1.54, 1.807) is 0 Å². The number of rotatable bonds is 6. The predicted octanol–water partition coefficient (Wildman–Crippen LogP) is 2.02. The number of hydrogen-bond acceptors (Lipinski definition) is 4. The molecule has 0 bridgehead atoms. The van der Waals surface area contributed by atoms with Gasteiger partial charge in [-0.15, -0.1) is 0 Å². The van der Waals surface area contributed by atoms with Gasteiger partial charge in [0.05, 0.1) is 12.5 Å². The Morgan fingerprint density at radius 1 is 1.26 bits per heavy atom. The maximum atomic E-state index is 13.1. The molecule has 0 aromatic carbocycles. The Hall–Kier alpha value is -0.760. The van der Waals surface area contributed by atoms with E-state index in [0.29, 0.717) is 0 Å². The van der Waals surface area contributed by atoms with Crippen molar-refractivity contribution in [3.05, 3.63) is 0 Å². The summed E-state index contributed by atoms with van der Waals surface area (Å²) in [6.45, 7) is -0.396. The summed E-state index contributed by atoms with van der Waals surface area (Å²) in [5.74, 6) is -0.649. The van der Waals surface area contributed by atoms with Crippen LogP contribution < -0.4 is 0 Å². The second kappa shape index (κ2) is 7.14. The molecule has 1 fully saturated rings. The molecule has 2 atom stereocenters. The molecule has 0 spiro atoms. The molecule has 1 N–H and O–H groups in total. The lowest BCUT2D eigenvalue weighted by Crippen LogP contribution is -2.28. The fraction of sp³-hybridized carbons (Fsp3) is 0.909. The fourth-order valence-corrected chi connectivity index (χ4v) is 2.56. The van der Waals surface area contributed by atoms with Gasteiger partial charge in [-0.3, -0.25) is 9.35 Å². The van der Waals surface area contributed by atoms with Crippen molar-refractivity contribution in [3.8, 4) is 0 Å². The van der Waals surface area contributed by atoms with Crippen LogP contribution in [0.4, 0.5) is 8.78 Å². The van der Waals surface area contributed by atoms with E-state index >= 15 is 0 Å². The number of hydrogen-bond donors (Lipinski definition) is 1. The number of carbonyl (C=O) groups is 1. The van der Waals surface area contributed by atoms with Crippen LogP contribution in [-0.2, 0) is 19.6 Å². The summed E-state index contributed by atoms with van der Waals surface area (Å²) in [5.41, 5.74) is -3.00. The van der Waals surface area contributed by atoms with Gasteiger partial charge in [-0.1, -0.05) is 19.3 Å². The van der Waals surface area contributed by atoms with Crippen LogP contribution in [-0.4, -0.2) is 37.2 Å². The molecule has 0 radical (unpaired) electrons. The van der Waals surface area contributed by atoms with Crippen LogP contribution in [0.25, 0.3) is 0 Å². The zero-order chi connectivity index (χ0) is 14.5. The third kappa shape index (κ3) is 5.40. The quantitative estimate of drug-likeness (QED) is 0.599. The minimum Gasteiger partial charge on any atom is -0.465 e. The van der Waals surface area contributed by atoms with E-state index in [1.165, 1.54) is 0 Å². The highest BCUT2D eigenvalue weighted by atomic mass is 32.2. The SMILES string of the molecule is O=C(OCCC(F)C(F)S(=O)(=O)O)C1CCCCC1. The molecule has 2 unspecified atom stereocenters. The molecule has 112 valence electrons. The Labute approximate surface area is 111 Å². The monoisotopic (exact) mass is 300 g/mol. The lowest BCUT2D eigenvalue weighted by Gasteiger charge is -2.20. The molecule has 0 amide bonds. The van der Waals surface area contributed by atoms with Gasteiger partial charge in [-0.05, 0) is 12.8 Å². The van der Waals surface area contributed by atoms with Gasteiger partial charge in [0, 0.05) is 6.42 Å². The van der Waals surface area contributed by atoms with E-state index < -0.39 is 40.8 Å². The van der Waals surface area contributed by atoms with Crippen LogP contribution in [0.15, 0.2) is 0 Å². The van der Waals surface area contributed by atoms with Crippen LogP contribution in [0.1, 0.15) is 38.5 Å². The largest absolute Gasteiger partial charge is 0.465 e. The predicted molar refractivity (Wildman–Crippen MR) is 63.5 cm³/mol. The van der Waals surface area contributed by atoms with Gasteiger partial charge in [0.1, 0.15) is 0 Å². The number of esters is 1. The second-order valence-corrected chi connectivity index (χ2v) is 6.15. The van der Waals surface area contributed by atoms with Crippen molar-refractivity contribution in [1.29, 1.82) is 0 Å². The summed E-state index contributed by atoms with van der Waals surface area (Å²) in [6, 6.07) is 0. The van der Waals surface area contributed by atoms with E-state index in [4.69, 9.17) is 9.29 Å². The summed E-state index contributed by atoms with van der Waals surface area (Å²) < 4.78 is 59.7. The summed E-state index contributed by atoms with van der Waals surface area (Å²) >= 11 is 0. The third-order valence-corrected chi connectivity index (χ3v) is 4.01. The van der Waals surface area contributed by atoms with Gasteiger partial charge in [0.25, 0.3) is 5.50 Å². The first kappa shape index (κ1) is 16.3. The molecular formula is C11H18F2O5S. The van der Waals surface area contributed by atoms with Crippen molar-refractivity contribution in [2.75, 3.05) is 6.61 Å². The summed E-state index contributed by atoms with van der Waals surface area (Å²) in [7, 11) is -5.06. The molecule has 1 saturated carbocycles. The van der Waals surface area contributed by atoms with E-state index in [-0.39, 0.29) is 5.92 Å². The van der Waals surface area contributed by atoms with E-state index in [9.17, 15) is 22.0 Å². The lowest BCUT2D eigenvalue weighted by molar-refractivity contribution is -0.150. The number of carbonyl (C=O) groups excluding carboxylic acids is 1. The molecule has 1 aliphatic carbocycles. The first-order valence-electron chi connectivity index (χ1n) is 6.23. The molecule has 0 aliphatic heterocycles. The lowest BCUT2D eigenvalue weighted by atomic mass is 9.89. The molecular weight excluding hydrogens is 282 g/mol. The molecule has 0 aromatic heterocycles. The number of alkyl halides is 2. The highest BCUT2D eigenvalue weighted by Gasteiger charge is 2.32. The number of ether oxygens (including phenoxy) is 1. The van der Waals surface area contributed by atoms with Crippen molar-refractivity contribution in [2.45, 2.75) is 50.2 Å². The van der Waals surface area contributed by atoms with Gasteiger partial charge >= 0.3 is 16.1 Å². The maximum absolute atomic E-state index is 13.1. The van der Waals surface area contributed by atoms with Crippen LogP contribution >= 0.6 is 0 Å². The Morgan fingerprint density at radius 2 is 1.84 bits per heavy atom. The molecule has 19 heavy (non-hydrogen) atoms. The zero-order valence-electron chi connectivity index (χ0n) is 10.4. The van der Waals surface area contributed by atoms with Crippen molar-refractivity contribution < 1.29 is 31.3 Å². The van der Waals surface area contributed by atoms with Gasteiger partial charge in [0.2, 0.25) is 0 Å². The minimum absolute atomic E-state index is 0.199. The summed E-state index contributed by atoms with van der Waals surface area (Å²) in [6.07, 6.45) is 1.42. The molecule has 8 heteroatoms. The Bertz CT molecular complexity index is 392. The van der Waals surface area contributed by atoms with Crippen molar-refractivity contribution in [1.82, 2.24) is 0 Å². The zero-order valence-corrected chi connectivity index (χ0v) is 11.2. The Morgan fingerprint density at radius 3 is 2.37 bits per heavy atom. The Kier molecular flexibility index (Phi) is 6.12. The van der Waals surface area contributed by atoms with Gasteiger partial charge in [-0.2, -0.15) is 8.42 Å². The average molecular weight is 300 g/mol. The Balaban J connectivity index is 2.27. The fourth-order valence-electron chi connectivity index (χ4n) is 2.05. The first-order chi connectivity index (χ1) is 8.82. The highest BCUT2D eigenvalue weighted by molar-refractivity contribution is 7.86. The number of halogens is 2. The second-order valence-electron chi connectivity index (χ2n) is 4.67. The first-order valence-corrected chi connectivity index (χ1v) is 7.73. The normalized spacial score (nSPS) is 20.8. The topological polar surface area (TPSA) is 80.7 Å². The van der Waals surface area contributed by atoms with Gasteiger partial charge in [-0.25, -0.2) is 8.78 Å². The summed E-state index contributed by atoms with van der Waals surface area (Å²) in [5, 5.41) is 0. The molecule has 1 rings (SSSR count). The van der Waals surface area contributed by atoms with Crippen LogP contribution in [0.5, 0.6) is 0 Å². The van der Waals surface area contributed by atoms with Gasteiger partial charge < -0.3 is 4.74 Å². The standard InChI is InChI=1S/C11H18F2O5S/c12-9(10(13)19(15,16)17)6-7-18-11(14)8-4-2-1-3-5-8/h8-10H,1-7H2,(H,15,16,17). The van der Waals surface area contributed by atoms with Crippen LogP contribution in [0, 0.1) is 5.92 Å². The summed E-state index contributed by atoms with van der Waals surface area (Å²) in [4.78, 5) is 11.5. The average Bonchev–Trinajstić information content (AvgIpc) is 2.37. The van der Waals surface area contributed by atoms with Crippen molar-refractivity contribution >= 4 is 16.1 Å². The highest BCUT2D eigenvalue weighted by Crippen LogP contribution is 2.24. The molecule has 5 nitrogen and oxygen atoms in total. The van der Waals surface area contributed by atoms with E-state index in [1.807, 2.05) is 0 Å². The molecule has 0 saturated heterocycles. The van der Waals surface area contributed by atoms with Gasteiger partial charge in [0.15, 0.2) is 6.17 Å². The van der Waals surface area contributed by atoms with Crippen molar-refractivity contribution in [3.63, 3.8) is 0 Å². The van der Waals surface area contributed by atoms with Crippen LogP contribution in [0.2, 0.25) is 0 Å². The van der Waals surface area contributed by atoms with Crippen LogP contribution in [0.3, 0.4) is 0 Å². The van der Waals surface area contributed by atoms with E-state index in [0.717, 1.165) is 32.1 Å².